The number of alkyl halides is 1. The number of rotatable bonds is 3. The summed E-state index contributed by atoms with van der Waals surface area (Å²) in [6.45, 7) is 1.66. The number of pyridine rings is 1. The van der Waals surface area contributed by atoms with Gasteiger partial charge in [0.15, 0.2) is 5.65 Å². The van der Waals surface area contributed by atoms with Gasteiger partial charge in [0.05, 0.1) is 17.9 Å². The number of fused-ring (bicyclic) bond motifs is 2. The lowest BCUT2D eigenvalue weighted by Crippen LogP contribution is -2.29. The van der Waals surface area contributed by atoms with E-state index in [-0.39, 0.29) is 23.4 Å². The molecule has 2 saturated carbocycles. The fourth-order valence-corrected chi connectivity index (χ4v) is 5.34. The van der Waals surface area contributed by atoms with Crippen LogP contribution in [0.1, 0.15) is 74.8 Å². The number of hydrogen-bond acceptors (Lipinski definition) is 4. The molecule has 1 N–H and O–H groups in total. The van der Waals surface area contributed by atoms with Gasteiger partial charge in [0.1, 0.15) is 22.5 Å². The molecule has 2 fully saturated rings. The smallest absolute Gasteiger partial charge is 0.262 e. The summed E-state index contributed by atoms with van der Waals surface area (Å²) in [5, 5.41) is 5.61. The standard InChI is InChI=1S/C23H24ClFN6O/c1-23(25)7-4-14(5-8-23)31-21-17(11-26-31)22(32)29-20(28-21)16-3-2-15(16)18-12-30-9-6-13(24)10-19(30)27-18/h6,9-12,14-16H,2-5,7-8H2,1H3,(H,28,29,32)/t14?,15-,16+,23?/m0/s1. The summed E-state index contributed by atoms with van der Waals surface area (Å²) in [4.78, 5) is 25.4. The molecule has 4 heterocycles. The van der Waals surface area contributed by atoms with Crippen molar-refractivity contribution in [2.45, 2.75) is 69.0 Å². The van der Waals surface area contributed by atoms with Crippen LogP contribution in [0.15, 0.2) is 35.5 Å². The Morgan fingerprint density at radius 2 is 1.97 bits per heavy atom. The van der Waals surface area contributed by atoms with Crippen LogP contribution < -0.4 is 5.56 Å². The monoisotopic (exact) mass is 454 g/mol. The van der Waals surface area contributed by atoms with E-state index in [9.17, 15) is 9.18 Å². The number of hydrogen-bond donors (Lipinski definition) is 1. The molecular formula is C23H24ClFN6O. The van der Waals surface area contributed by atoms with Crippen molar-refractivity contribution < 1.29 is 4.39 Å². The van der Waals surface area contributed by atoms with Gasteiger partial charge in [-0.25, -0.2) is 19.0 Å². The molecule has 0 aliphatic heterocycles. The number of nitrogens with zero attached hydrogens (tertiary/aromatic N) is 5. The fourth-order valence-electron chi connectivity index (χ4n) is 5.18. The highest BCUT2D eigenvalue weighted by atomic mass is 35.5. The summed E-state index contributed by atoms with van der Waals surface area (Å²) in [7, 11) is 0. The fraction of sp³-hybridized carbons (Fsp3) is 0.478. The number of imidazole rings is 1. The first-order valence-electron chi connectivity index (χ1n) is 11.2. The number of nitrogens with one attached hydrogen (secondary N) is 1. The summed E-state index contributed by atoms with van der Waals surface area (Å²) in [5.74, 6) is 0.964. The van der Waals surface area contributed by atoms with Crippen molar-refractivity contribution >= 4 is 28.3 Å². The van der Waals surface area contributed by atoms with E-state index < -0.39 is 5.67 Å². The van der Waals surface area contributed by atoms with E-state index in [1.165, 1.54) is 0 Å². The summed E-state index contributed by atoms with van der Waals surface area (Å²) < 4.78 is 18.1. The molecule has 0 unspecified atom stereocenters. The second kappa shape index (κ2) is 7.13. The highest BCUT2D eigenvalue weighted by molar-refractivity contribution is 6.30. The predicted molar refractivity (Wildman–Crippen MR) is 120 cm³/mol. The van der Waals surface area contributed by atoms with E-state index in [0.717, 1.165) is 24.2 Å². The lowest BCUT2D eigenvalue weighted by Gasteiger charge is -2.34. The zero-order valence-electron chi connectivity index (χ0n) is 17.8. The van der Waals surface area contributed by atoms with Gasteiger partial charge in [-0.2, -0.15) is 5.10 Å². The average Bonchev–Trinajstić information content (AvgIpc) is 3.31. The Hall–Kier alpha value is -2.74. The van der Waals surface area contributed by atoms with Gasteiger partial charge >= 0.3 is 0 Å². The Bertz CT molecular complexity index is 1380. The largest absolute Gasteiger partial charge is 0.310 e. The summed E-state index contributed by atoms with van der Waals surface area (Å²) in [6, 6.07) is 3.75. The molecule has 6 rings (SSSR count). The molecule has 4 aromatic heterocycles. The van der Waals surface area contributed by atoms with Crippen molar-refractivity contribution in [3.8, 4) is 0 Å². The Morgan fingerprint density at radius 3 is 2.72 bits per heavy atom. The maximum atomic E-state index is 14.3. The van der Waals surface area contributed by atoms with E-state index >= 15 is 0 Å². The van der Waals surface area contributed by atoms with Gasteiger partial charge in [-0.3, -0.25) is 4.79 Å². The molecule has 166 valence electrons. The van der Waals surface area contributed by atoms with Gasteiger partial charge in [0.25, 0.3) is 5.56 Å². The average molecular weight is 455 g/mol. The zero-order valence-corrected chi connectivity index (χ0v) is 18.5. The number of halogens is 2. The molecule has 0 spiro atoms. The number of H-pyrrole nitrogens is 1. The van der Waals surface area contributed by atoms with Crippen molar-refractivity contribution in [2.75, 3.05) is 0 Å². The van der Waals surface area contributed by atoms with E-state index in [1.807, 2.05) is 33.6 Å². The Labute approximate surface area is 188 Å². The molecule has 2 atom stereocenters. The molecule has 0 saturated heterocycles. The molecule has 7 nitrogen and oxygen atoms in total. The Morgan fingerprint density at radius 1 is 1.19 bits per heavy atom. The lowest BCUT2D eigenvalue weighted by atomic mass is 9.71. The predicted octanol–water partition coefficient (Wildman–Crippen LogP) is 4.93. The molecule has 32 heavy (non-hydrogen) atoms. The van der Waals surface area contributed by atoms with Crippen LogP contribution in [-0.2, 0) is 0 Å². The lowest BCUT2D eigenvalue weighted by molar-refractivity contribution is 0.103. The van der Waals surface area contributed by atoms with Crippen molar-refractivity contribution in [2.24, 2.45) is 0 Å². The minimum Gasteiger partial charge on any atom is -0.310 e. The third kappa shape index (κ3) is 3.23. The normalized spacial score (nSPS) is 28.3. The first kappa shape index (κ1) is 19.9. The van der Waals surface area contributed by atoms with Gasteiger partial charge in [0, 0.05) is 29.3 Å². The van der Waals surface area contributed by atoms with Crippen molar-refractivity contribution in [3.63, 3.8) is 0 Å². The van der Waals surface area contributed by atoms with Crippen molar-refractivity contribution in [3.05, 3.63) is 57.6 Å². The minimum absolute atomic E-state index is 0.0684. The van der Waals surface area contributed by atoms with Gasteiger partial charge in [-0.15, -0.1) is 0 Å². The first-order valence-corrected chi connectivity index (χ1v) is 11.6. The topological polar surface area (TPSA) is 80.9 Å². The summed E-state index contributed by atoms with van der Waals surface area (Å²) >= 11 is 6.10. The zero-order chi connectivity index (χ0) is 22.0. The second-order valence-electron chi connectivity index (χ2n) is 9.49. The van der Waals surface area contributed by atoms with Crippen molar-refractivity contribution in [1.29, 1.82) is 0 Å². The van der Waals surface area contributed by atoms with E-state index in [2.05, 4.69) is 10.1 Å². The molecule has 9 heteroatoms. The quantitative estimate of drug-likeness (QED) is 0.476. The minimum atomic E-state index is -1.12. The maximum absolute atomic E-state index is 14.3. The molecule has 4 aromatic rings. The summed E-state index contributed by atoms with van der Waals surface area (Å²) in [6.07, 6.45) is 9.82. The maximum Gasteiger partial charge on any atom is 0.262 e. The van der Waals surface area contributed by atoms with Gasteiger partial charge < -0.3 is 9.38 Å². The first-order chi connectivity index (χ1) is 15.4. The molecule has 2 aliphatic carbocycles. The van der Waals surface area contributed by atoms with Crippen LogP contribution in [0.5, 0.6) is 0 Å². The molecule has 0 amide bonds. The highest BCUT2D eigenvalue weighted by Gasteiger charge is 2.38. The van der Waals surface area contributed by atoms with Crippen LogP contribution in [0.2, 0.25) is 5.02 Å². The molecule has 0 aromatic carbocycles. The Kier molecular flexibility index (Phi) is 4.44. The number of aromatic nitrogens is 6. The van der Waals surface area contributed by atoms with Crippen LogP contribution in [0.3, 0.4) is 0 Å². The van der Waals surface area contributed by atoms with Gasteiger partial charge in [-0.05, 0) is 57.6 Å². The van der Waals surface area contributed by atoms with E-state index in [4.69, 9.17) is 21.6 Å². The van der Waals surface area contributed by atoms with Crippen LogP contribution in [-0.4, -0.2) is 34.8 Å². The van der Waals surface area contributed by atoms with Crippen LogP contribution >= 0.6 is 11.6 Å². The van der Waals surface area contributed by atoms with E-state index in [1.54, 1.807) is 13.1 Å². The summed E-state index contributed by atoms with van der Waals surface area (Å²) in [5.41, 5.74) is 1.10. The SMILES string of the molecule is CC1(F)CCC(n2ncc3c(=O)[nH]c([C@@H]4CC[C@@H]4c4cn5ccc(Cl)cc5n4)nc32)CC1. The highest BCUT2D eigenvalue weighted by Crippen LogP contribution is 2.47. The third-order valence-corrected chi connectivity index (χ3v) is 7.51. The van der Waals surface area contributed by atoms with E-state index in [0.29, 0.717) is 47.6 Å². The molecule has 0 radical (unpaired) electrons. The van der Waals surface area contributed by atoms with Crippen LogP contribution in [0, 0.1) is 0 Å². The molecular weight excluding hydrogens is 431 g/mol. The van der Waals surface area contributed by atoms with Crippen LogP contribution in [0.4, 0.5) is 4.39 Å². The van der Waals surface area contributed by atoms with Gasteiger partial charge in [0.2, 0.25) is 0 Å². The number of aromatic amines is 1. The Balaban J connectivity index is 1.34. The van der Waals surface area contributed by atoms with Gasteiger partial charge in [-0.1, -0.05) is 11.6 Å². The van der Waals surface area contributed by atoms with Crippen molar-refractivity contribution in [1.82, 2.24) is 29.1 Å². The molecule has 0 bridgehead atoms. The van der Waals surface area contributed by atoms with Crippen LogP contribution in [0.25, 0.3) is 16.7 Å². The second-order valence-corrected chi connectivity index (χ2v) is 9.93. The third-order valence-electron chi connectivity index (χ3n) is 7.27. The molecule has 2 aliphatic rings.